The summed E-state index contributed by atoms with van der Waals surface area (Å²) < 4.78 is 43.9. The van der Waals surface area contributed by atoms with Crippen molar-refractivity contribution < 1.29 is 22.7 Å². The van der Waals surface area contributed by atoms with Gasteiger partial charge < -0.3 is 9.64 Å². The van der Waals surface area contributed by atoms with E-state index in [-0.39, 0.29) is 30.2 Å². The van der Waals surface area contributed by atoms with Gasteiger partial charge in [-0.3, -0.25) is 14.7 Å². The van der Waals surface area contributed by atoms with E-state index in [1.807, 2.05) is 19.1 Å². The number of hydrogen-bond acceptors (Lipinski definition) is 5. The molecule has 0 N–H and O–H groups in total. The highest BCUT2D eigenvalue weighted by atomic mass is 19.4. The van der Waals surface area contributed by atoms with Crippen molar-refractivity contribution in [3.63, 3.8) is 0 Å². The predicted octanol–water partition coefficient (Wildman–Crippen LogP) is 4.67. The summed E-state index contributed by atoms with van der Waals surface area (Å²) >= 11 is 0. The van der Waals surface area contributed by atoms with Crippen molar-refractivity contribution >= 4 is 5.91 Å². The first-order valence-corrected chi connectivity index (χ1v) is 11.4. The average molecular weight is 473 g/mol. The van der Waals surface area contributed by atoms with Gasteiger partial charge in [0, 0.05) is 37.9 Å². The molecule has 1 aromatic heterocycles. The number of fused-ring (bicyclic) bond motifs is 1. The number of rotatable bonds is 4. The van der Waals surface area contributed by atoms with E-state index in [1.165, 1.54) is 11.6 Å². The van der Waals surface area contributed by atoms with Gasteiger partial charge in [0.1, 0.15) is 17.5 Å². The molecule has 9 heteroatoms. The molecule has 2 saturated heterocycles. The molecule has 0 saturated carbocycles. The Labute approximate surface area is 196 Å². The number of hydrogen-bond donors (Lipinski definition) is 0. The molecule has 4 rings (SSSR count). The average Bonchev–Trinajstić information content (AvgIpc) is 2.83. The normalized spacial score (nSPS) is 21.0. The van der Waals surface area contributed by atoms with Gasteiger partial charge in [-0.2, -0.15) is 18.4 Å². The maximum Gasteiger partial charge on any atom is 0.433 e. The number of pyridine rings is 1. The SMILES string of the molecule is Cc1c(OCC#N)ccc([C@H]2CCC[C@H]3CN(C(=O)c4ccc(C(F)(F)F)nc4)CCN32)c1C. The van der Waals surface area contributed by atoms with Gasteiger partial charge in [0.2, 0.25) is 0 Å². The summed E-state index contributed by atoms with van der Waals surface area (Å²) in [7, 11) is 0. The molecular formula is C25H27F3N4O2. The fourth-order valence-corrected chi connectivity index (χ4v) is 5.08. The third-order valence-electron chi connectivity index (χ3n) is 6.96. The largest absolute Gasteiger partial charge is 0.478 e. The molecule has 0 spiro atoms. The van der Waals surface area contributed by atoms with Crippen LogP contribution in [0.4, 0.5) is 13.2 Å². The molecule has 0 unspecified atom stereocenters. The summed E-state index contributed by atoms with van der Waals surface area (Å²) in [5.41, 5.74) is 2.58. The van der Waals surface area contributed by atoms with Gasteiger partial charge >= 0.3 is 6.18 Å². The fraction of sp³-hybridized carbons (Fsp3) is 0.480. The minimum absolute atomic E-state index is 0.00949. The van der Waals surface area contributed by atoms with Gasteiger partial charge in [-0.1, -0.05) is 6.07 Å². The summed E-state index contributed by atoms with van der Waals surface area (Å²) in [6.07, 6.45) is -0.496. The first kappa shape index (κ1) is 24.0. The molecule has 180 valence electrons. The summed E-state index contributed by atoms with van der Waals surface area (Å²) in [6.45, 7) is 5.83. The van der Waals surface area contributed by atoms with Crippen LogP contribution >= 0.6 is 0 Å². The number of benzene rings is 1. The van der Waals surface area contributed by atoms with E-state index in [1.54, 1.807) is 4.90 Å². The maximum atomic E-state index is 13.0. The zero-order chi connectivity index (χ0) is 24.5. The monoisotopic (exact) mass is 472 g/mol. The third kappa shape index (κ3) is 4.73. The van der Waals surface area contributed by atoms with E-state index < -0.39 is 11.9 Å². The zero-order valence-electron chi connectivity index (χ0n) is 19.2. The van der Waals surface area contributed by atoms with Crippen LogP contribution in [-0.4, -0.2) is 53.0 Å². The Balaban J connectivity index is 1.48. The lowest BCUT2D eigenvalue weighted by molar-refractivity contribution is -0.141. The summed E-state index contributed by atoms with van der Waals surface area (Å²) in [6, 6.07) is 8.48. The summed E-state index contributed by atoms with van der Waals surface area (Å²) in [4.78, 5) is 20.6. The van der Waals surface area contributed by atoms with Crippen LogP contribution in [0.5, 0.6) is 5.75 Å². The van der Waals surface area contributed by atoms with Gasteiger partial charge in [0.05, 0.1) is 5.56 Å². The molecule has 2 fully saturated rings. The van der Waals surface area contributed by atoms with Crippen molar-refractivity contribution in [2.75, 3.05) is 26.2 Å². The quantitative estimate of drug-likeness (QED) is 0.647. The molecule has 0 radical (unpaired) electrons. The maximum absolute atomic E-state index is 13.0. The number of nitrogens with zero attached hydrogens (tertiary/aromatic N) is 4. The molecule has 1 aromatic carbocycles. The molecule has 1 amide bonds. The fourth-order valence-electron chi connectivity index (χ4n) is 5.08. The Hall–Kier alpha value is -3.12. The van der Waals surface area contributed by atoms with Crippen LogP contribution in [0.3, 0.4) is 0 Å². The number of alkyl halides is 3. The Morgan fingerprint density at radius 1 is 1.18 bits per heavy atom. The highest BCUT2D eigenvalue weighted by molar-refractivity contribution is 5.94. The van der Waals surface area contributed by atoms with Gasteiger partial charge in [-0.25, -0.2) is 0 Å². The van der Waals surface area contributed by atoms with Crippen molar-refractivity contribution in [1.82, 2.24) is 14.8 Å². The molecule has 0 bridgehead atoms. The van der Waals surface area contributed by atoms with E-state index >= 15 is 0 Å². The highest BCUT2D eigenvalue weighted by Crippen LogP contribution is 2.39. The van der Waals surface area contributed by atoms with Crippen LogP contribution in [0.2, 0.25) is 0 Å². The van der Waals surface area contributed by atoms with Crippen molar-refractivity contribution in [3.05, 3.63) is 58.4 Å². The van der Waals surface area contributed by atoms with Crippen LogP contribution in [0.25, 0.3) is 0 Å². The standard InChI is InChI=1S/C25H27F3N4O2/c1-16-17(2)22(34-13-10-29)8-7-20(16)21-5-3-4-19-15-31(11-12-32(19)21)24(33)18-6-9-23(30-14-18)25(26,27)28/h6-9,14,19,21H,3-5,11-13,15H2,1-2H3/t19-,21+/m0/s1. The van der Waals surface area contributed by atoms with Crippen molar-refractivity contribution in [2.45, 2.75) is 51.4 Å². The number of piperidine rings is 1. The first-order valence-electron chi connectivity index (χ1n) is 11.4. The zero-order valence-corrected chi connectivity index (χ0v) is 19.2. The van der Waals surface area contributed by atoms with Crippen LogP contribution in [-0.2, 0) is 6.18 Å². The van der Waals surface area contributed by atoms with Crippen molar-refractivity contribution in [3.8, 4) is 11.8 Å². The second-order valence-electron chi connectivity index (χ2n) is 8.87. The molecular weight excluding hydrogens is 445 g/mol. The molecule has 2 aromatic rings. The topological polar surface area (TPSA) is 69.5 Å². The number of ether oxygens (including phenoxy) is 1. The van der Waals surface area contributed by atoms with Gasteiger partial charge in [0.15, 0.2) is 6.61 Å². The Kier molecular flexibility index (Phi) is 6.80. The minimum Gasteiger partial charge on any atom is -0.478 e. The number of amides is 1. The summed E-state index contributed by atoms with van der Waals surface area (Å²) in [5.74, 6) is 0.435. The molecule has 2 aliphatic heterocycles. The minimum atomic E-state index is -4.53. The predicted molar refractivity (Wildman–Crippen MR) is 119 cm³/mol. The van der Waals surface area contributed by atoms with Crippen LogP contribution < -0.4 is 4.74 Å². The summed E-state index contributed by atoms with van der Waals surface area (Å²) in [5, 5.41) is 8.79. The van der Waals surface area contributed by atoms with Crippen LogP contribution in [0.15, 0.2) is 30.5 Å². The highest BCUT2D eigenvalue weighted by Gasteiger charge is 2.38. The van der Waals surface area contributed by atoms with E-state index in [9.17, 15) is 18.0 Å². The lowest BCUT2D eigenvalue weighted by Gasteiger charge is -2.48. The molecule has 2 atom stereocenters. The van der Waals surface area contributed by atoms with Crippen molar-refractivity contribution in [2.24, 2.45) is 0 Å². The van der Waals surface area contributed by atoms with Crippen LogP contribution in [0, 0.1) is 25.2 Å². The molecule has 2 aliphatic rings. The second kappa shape index (κ2) is 9.63. The lowest BCUT2D eigenvalue weighted by Crippen LogP contribution is -2.57. The third-order valence-corrected chi connectivity index (χ3v) is 6.96. The van der Waals surface area contributed by atoms with Crippen LogP contribution in [0.1, 0.15) is 58.0 Å². The van der Waals surface area contributed by atoms with Gasteiger partial charge in [-0.15, -0.1) is 0 Å². The van der Waals surface area contributed by atoms with Crippen molar-refractivity contribution in [1.29, 1.82) is 5.26 Å². The number of aromatic nitrogens is 1. The Bertz CT molecular complexity index is 1100. The number of carbonyl (C=O) groups is 1. The molecule has 34 heavy (non-hydrogen) atoms. The lowest BCUT2D eigenvalue weighted by atomic mass is 9.86. The number of carbonyl (C=O) groups excluding carboxylic acids is 1. The first-order chi connectivity index (χ1) is 16.2. The van der Waals surface area contributed by atoms with Gasteiger partial charge in [0.25, 0.3) is 5.91 Å². The number of piperazine rings is 1. The number of halogens is 3. The van der Waals surface area contributed by atoms with E-state index in [2.05, 4.69) is 22.9 Å². The smallest absolute Gasteiger partial charge is 0.433 e. The molecule has 3 heterocycles. The molecule has 0 aliphatic carbocycles. The van der Waals surface area contributed by atoms with E-state index in [0.29, 0.717) is 19.6 Å². The Morgan fingerprint density at radius 3 is 2.65 bits per heavy atom. The number of nitriles is 1. The molecule has 6 nitrogen and oxygen atoms in total. The van der Waals surface area contributed by atoms with Gasteiger partial charge in [-0.05, 0) is 68.0 Å². The Morgan fingerprint density at radius 2 is 1.97 bits per heavy atom. The van der Waals surface area contributed by atoms with E-state index in [0.717, 1.165) is 48.4 Å². The van der Waals surface area contributed by atoms with E-state index in [4.69, 9.17) is 10.00 Å². The second-order valence-corrected chi connectivity index (χ2v) is 8.87.